The van der Waals surface area contributed by atoms with Gasteiger partial charge in [-0.2, -0.15) is 5.10 Å². The van der Waals surface area contributed by atoms with Gasteiger partial charge in [0, 0.05) is 22.4 Å². The predicted molar refractivity (Wildman–Crippen MR) is 88.9 cm³/mol. The molecule has 0 saturated carbocycles. The number of aromatic amines is 1. The lowest BCUT2D eigenvalue weighted by atomic mass is 10.3. The first-order valence-corrected chi connectivity index (χ1v) is 7.80. The second-order valence-corrected chi connectivity index (χ2v) is 7.86. The molecule has 0 aliphatic carbocycles. The SMILES string of the molecule is CN(Cc1ncn[nH]1)C(=O)Nc1ccc(SC(C)(C)C)cc1. The average molecular weight is 319 g/mol. The molecule has 1 heterocycles. The smallest absolute Gasteiger partial charge is 0.320 e. The molecule has 2 aromatic rings. The first-order chi connectivity index (χ1) is 10.3. The van der Waals surface area contributed by atoms with E-state index in [9.17, 15) is 4.79 Å². The molecule has 2 rings (SSSR count). The molecule has 2 N–H and O–H groups in total. The minimum Gasteiger partial charge on any atom is -0.320 e. The summed E-state index contributed by atoms with van der Waals surface area (Å²) in [7, 11) is 1.71. The summed E-state index contributed by atoms with van der Waals surface area (Å²) in [4.78, 5) is 18.8. The molecule has 0 fully saturated rings. The van der Waals surface area contributed by atoms with Crippen LogP contribution in [-0.4, -0.2) is 37.9 Å². The molecule has 0 unspecified atom stereocenters. The Bertz CT molecular complexity index is 604. The number of aromatic nitrogens is 3. The van der Waals surface area contributed by atoms with E-state index in [0.717, 1.165) is 5.69 Å². The number of benzene rings is 1. The van der Waals surface area contributed by atoms with Crippen molar-refractivity contribution in [1.82, 2.24) is 20.1 Å². The summed E-state index contributed by atoms with van der Waals surface area (Å²) < 4.78 is 0.169. The summed E-state index contributed by atoms with van der Waals surface area (Å²) >= 11 is 1.79. The standard InChI is InChI=1S/C15H21N5OS/c1-15(2,3)22-12-7-5-11(6-8-12)18-14(21)20(4)9-13-16-10-17-19-13/h5-8,10H,9H2,1-4H3,(H,18,21)(H,16,17,19). The third kappa shape index (κ3) is 5.07. The molecular weight excluding hydrogens is 298 g/mol. The molecule has 0 atom stereocenters. The number of nitrogens with one attached hydrogen (secondary N) is 2. The zero-order valence-corrected chi connectivity index (χ0v) is 14.1. The Morgan fingerprint density at radius 3 is 2.55 bits per heavy atom. The van der Waals surface area contributed by atoms with Gasteiger partial charge in [-0.1, -0.05) is 20.8 Å². The quantitative estimate of drug-likeness (QED) is 0.848. The van der Waals surface area contributed by atoms with Gasteiger partial charge in [-0.15, -0.1) is 11.8 Å². The highest BCUT2D eigenvalue weighted by Gasteiger charge is 2.13. The first-order valence-electron chi connectivity index (χ1n) is 6.99. The van der Waals surface area contributed by atoms with Gasteiger partial charge >= 0.3 is 6.03 Å². The molecule has 22 heavy (non-hydrogen) atoms. The van der Waals surface area contributed by atoms with Gasteiger partial charge in [0.2, 0.25) is 0 Å². The van der Waals surface area contributed by atoms with Crippen LogP contribution in [-0.2, 0) is 6.54 Å². The number of hydrogen-bond acceptors (Lipinski definition) is 4. The van der Waals surface area contributed by atoms with Gasteiger partial charge in [-0.05, 0) is 24.3 Å². The zero-order valence-electron chi connectivity index (χ0n) is 13.3. The molecule has 1 aromatic carbocycles. The van der Waals surface area contributed by atoms with Gasteiger partial charge < -0.3 is 10.2 Å². The van der Waals surface area contributed by atoms with Crippen LogP contribution >= 0.6 is 11.8 Å². The number of urea groups is 1. The number of carbonyl (C=O) groups is 1. The molecule has 7 heteroatoms. The van der Waals surface area contributed by atoms with Crippen molar-refractivity contribution in [2.75, 3.05) is 12.4 Å². The maximum Gasteiger partial charge on any atom is 0.321 e. The summed E-state index contributed by atoms with van der Waals surface area (Å²) in [6.07, 6.45) is 1.42. The van der Waals surface area contributed by atoms with Crippen molar-refractivity contribution in [3.8, 4) is 0 Å². The van der Waals surface area contributed by atoms with E-state index in [0.29, 0.717) is 12.4 Å². The number of carbonyl (C=O) groups excluding carboxylic acids is 1. The summed E-state index contributed by atoms with van der Waals surface area (Å²) in [6, 6.07) is 7.67. The van der Waals surface area contributed by atoms with Crippen LogP contribution in [0, 0.1) is 0 Å². The van der Waals surface area contributed by atoms with E-state index in [1.54, 1.807) is 23.7 Å². The fourth-order valence-electron chi connectivity index (χ4n) is 1.78. The number of H-pyrrole nitrogens is 1. The monoisotopic (exact) mass is 319 g/mol. The summed E-state index contributed by atoms with van der Waals surface area (Å²) in [5.41, 5.74) is 0.771. The molecule has 0 bridgehead atoms. The molecule has 6 nitrogen and oxygen atoms in total. The molecule has 0 saturated heterocycles. The van der Waals surface area contributed by atoms with Gasteiger partial charge in [0.1, 0.15) is 12.2 Å². The lowest BCUT2D eigenvalue weighted by Gasteiger charge is -2.18. The number of thioether (sulfide) groups is 1. The van der Waals surface area contributed by atoms with E-state index in [2.05, 4.69) is 41.3 Å². The highest BCUT2D eigenvalue weighted by Crippen LogP contribution is 2.32. The van der Waals surface area contributed by atoms with Gasteiger partial charge in [-0.25, -0.2) is 9.78 Å². The molecule has 1 aromatic heterocycles. The molecule has 0 aliphatic heterocycles. The van der Waals surface area contributed by atoms with Crippen LogP contribution in [0.1, 0.15) is 26.6 Å². The third-order valence-corrected chi connectivity index (χ3v) is 3.85. The Kier molecular flexibility index (Phi) is 5.07. The second-order valence-electron chi connectivity index (χ2n) is 5.96. The number of amides is 2. The van der Waals surface area contributed by atoms with E-state index in [-0.39, 0.29) is 10.8 Å². The summed E-state index contributed by atoms with van der Waals surface area (Å²) in [5.74, 6) is 0.648. The first kappa shape index (κ1) is 16.4. The molecule has 0 radical (unpaired) electrons. The molecule has 118 valence electrons. The largest absolute Gasteiger partial charge is 0.321 e. The number of hydrogen-bond donors (Lipinski definition) is 2. The minimum atomic E-state index is -0.187. The number of rotatable bonds is 4. The molecular formula is C15H21N5OS. The predicted octanol–water partition coefficient (Wildman–Crippen LogP) is 3.36. The van der Waals surface area contributed by atoms with E-state index in [1.807, 2.05) is 24.3 Å². The van der Waals surface area contributed by atoms with Gasteiger partial charge in [0.05, 0.1) is 6.54 Å². The molecule has 0 aliphatic rings. The van der Waals surface area contributed by atoms with Crippen molar-refractivity contribution in [2.45, 2.75) is 37.0 Å². The third-order valence-electron chi connectivity index (χ3n) is 2.73. The topological polar surface area (TPSA) is 73.9 Å². The Morgan fingerprint density at radius 1 is 1.32 bits per heavy atom. The van der Waals surface area contributed by atoms with Crippen LogP contribution in [0.2, 0.25) is 0 Å². The average Bonchev–Trinajstić information content (AvgIpc) is 2.92. The van der Waals surface area contributed by atoms with Crippen molar-refractivity contribution in [3.63, 3.8) is 0 Å². The van der Waals surface area contributed by atoms with Crippen molar-refractivity contribution in [2.24, 2.45) is 0 Å². The van der Waals surface area contributed by atoms with Crippen LogP contribution in [0.15, 0.2) is 35.5 Å². The van der Waals surface area contributed by atoms with Crippen LogP contribution in [0.25, 0.3) is 0 Å². The number of nitrogens with zero attached hydrogens (tertiary/aromatic N) is 3. The Labute approximate surface area is 134 Å². The van der Waals surface area contributed by atoms with Crippen molar-refractivity contribution in [1.29, 1.82) is 0 Å². The highest BCUT2D eigenvalue weighted by molar-refractivity contribution is 8.00. The van der Waals surface area contributed by atoms with E-state index >= 15 is 0 Å². The van der Waals surface area contributed by atoms with E-state index in [4.69, 9.17) is 0 Å². The Morgan fingerprint density at radius 2 is 2.00 bits per heavy atom. The Hall–Kier alpha value is -2.02. The van der Waals surface area contributed by atoms with Crippen LogP contribution < -0.4 is 5.32 Å². The maximum absolute atomic E-state index is 12.1. The van der Waals surface area contributed by atoms with Crippen molar-refractivity contribution in [3.05, 3.63) is 36.4 Å². The van der Waals surface area contributed by atoms with Crippen LogP contribution in [0.3, 0.4) is 0 Å². The van der Waals surface area contributed by atoms with Gasteiger partial charge in [0.15, 0.2) is 0 Å². The van der Waals surface area contributed by atoms with Gasteiger partial charge in [0.25, 0.3) is 0 Å². The fourth-order valence-corrected chi connectivity index (χ4v) is 2.76. The zero-order chi connectivity index (χ0) is 16.2. The van der Waals surface area contributed by atoms with Crippen molar-refractivity contribution < 1.29 is 4.79 Å². The van der Waals surface area contributed by atoms with Gasteiger partial charge in [-0.3, -0.25) is 5.10 Å². The fraction of sp³-hybridized carbons (Fsp3) is 0.400. The summed E-state index contributed by atoms with van der Waals surface area (Å²) in [6.45, 7) is 6.90. The summed E-state index contributed by atoms with van der Waals surface area (Å²) in [5, 5.41) is 9.35. The second kappa shape index (κ2) is 6.83. The normalized spacial score (nSPS) is 11.3. The van der Waals surface area contributed by atoms with Crippen LogP contribution in [0.4, 0.5) is 10.5 Å². The van der Waals surface area contributed by atoms with E-state index < -0.39 is 0 Å². The van der Waals surface area contributed by atoms with Crippen molar-refractivity contribution >= 4 is 23.5 Å². The van der Waals surface area contributed by atoms with Crippen LogP contribution in [0.5, 0.6) is 0 Å². The lowest BCUT2D eigenvalue weighted by Crippen LogP contribution is -2.31. The molecule has 0 spiro atoms. The minimum absolute atomic E-state index is 0.169. The highest BCUT2D eigenvalue weighted by atomic mass is 32.2. The molecule has 2 amide bonds. The maximum atomic E-state index is 12.1. The van der Waals surface area contributed by atoms with E-state index in [1.165, 1.54) is 11.2 Å². The Balaban J connectivity index is 1.91. The lowest BCUT2D eigenvalue weighted by molar-refractivity contribution is 0.219. The number of anilines is 1.